The van der Waals surface area contributed by atoms with Crippen molar-refractivity contribution in [3.05, 3.63) is 108 Å². The second-order valence-electron chi connectivity index (χ2n) is 11.2. The Morgan fingerprint density at radius 1 is 0.841 bits per heavy atom. The number of nitrogens with two attached hydrogens (primary N) is 1. The van der Waals surface area contributed by atoms with Crippen LogP contribution in [-0.4, -0.2) is 69.4 Å². The molecule has 10 nitrogen and oxygen atoms in total. The molecule has 0 saturated carbocycles. The highest BCUT2D eigenvalue weighted by atomic mass is 16.4. The number of amides is 3. The van der Waals surface area contributed by atoms with Crippen LogP contribution in [0.25, 0.3) is 10.9 Å². The fourth-order valence-corrected chi connectivity index (χ4v) is 5.78. The first-order chi connectivity index (χ1) is 21.3. The highest BCUT2D eigenvalue weighted by Crippen LogP contribution is 2.23. The van der Waals surface area contributed by atoms with E-state index in [4.69, 9.17) is 5.73 Å². The maximum absolute atomic E-state index is 14.1. The summed E-state index contributed by atoms with van der Waals surface area (Å²) < 4.78 is 0. The van der Waals surface area contributed by atoms with Crippen LogP contribution in [0.4, 0.5) is 0 Å². The van der Waals surface area contributed by atoms with Gasteiger partial charge in [0.15, 0.2) is 0 Å². The van der Waals surface area contributed by atoms with E-state index in [0.717, 1.165) is 27.6 Å². The number of carboxylic acid groups (broad SMARTS) is 1. The van der Waals surface area contributed by atoms with Crippen molar-refractivity contribution in [3.8, 4) is 0 Å². The van der Waals surface area contributed by atoms with Gasteiger partial charge in [-0.25, -0.2) is 4.79 Å². The van der Waals surface area contributed by atoms with Gasteiger partial charge in [0.05, 0.1) is 6.04 Å². The van der Waals surface area contributed by atoms with Crippen LogP contribution >= 0.6 is 0 Å². The van der Waals surface area contributed by atoms with Gasteiger partial charge in [-0.05, 0) is 42.0 Å². The van der Waals surface area contributed by atoms with Crippen LogP contribution in [0.2, 0.25) is 0 Å². The molecule has 10 heteroatoms. The number of carbonyl (C=O) groups excluding carboxylic acids is 3. The van der Waals surface area contributed by atoms with Gasteiger partial charge < -0.3 is 31.4 Å². The Labute approximate surface area is 255 Å². The zero-order valence-corrected chi connectivity index (χ0v) is 24.3. The van der Waals surface area contributed by atoms with Crippen molar-refractivity contribution >= 4 is 34.6 Å². The summed E-state index contributed by atoms with van der Waals surface area (Å²) in [5, 5.41) is 16.3. The van der Waals surface area contributed by atoms with Gasteiger partial charge in [0.1, 0.15) is 18.1 Å². The second-order valence-corrected chi connectivity index (χ2v) is 11.2. The topological polar surface area (TPSA) is 158 Å². The first-order valence-corrected chi connectivity index (χ1v) is 14.8. The minimum atomic E-state index is -1.16. The number of hydrogen-bond acceptors (Lipinski definition) is 5. The van der Waals surface area contributed by atoms with Gasteiger partial charge in [-0.3, -0.25) is 14.4 Å². The summed E-state index contributed by atoms with van der Waals surface area (Å²) in [7, 11) is 0. The number of aromatic nitrogens is 1. The van der Waals surface area contributed by atoms with Gasteiger partial charge in [-0.1, -0.05) is 78.9 Å². The molecule has 1 aromatic heterocycles. The Bertz CT molecular complexity index is 1610. The summed E-state index contributed by atoms with van der Waals surface area (Å²) in [6, 6.07) is 22.2. The van der Waals surface area contributed by atoms with Crippen LogP contribution < -0.4 is 16.4 Å². The number of rotatable bonds is 12. The molecule has 3 aromatic carbocycles. The number of nitrogens with one attached hydrogen (secondary N) is 3. The number of hydrogen-bond donors (Lipinski definition) is 5. The third-order valence-electron chi connectivity index (χ3n) is 8.08. The summed E-state index contributed by atoms with van der Waals surface area (Å²) in [6.07, 6.45) is 3.37. The number of para-hydroxylation sites is 1. The largest absolute Gasteiger partial charge is 0.480 e. The first kappa shape index (κ1) is 30.5. The van der Waals surface area contributed by atoms with Gasteiger partial charge >= 0.3 is 5.97 Å². The number of likely N-dealkylation sites (tertiary alicyclic amines) is 1. The van der Waals surface area contributed by atoms with Crippen molar-refractivity contribution in [2.45, 2.75) is 56.3 Å². The Morgan fingerprint density at radius 2 is 1.48 bits per heavy atom. The standard InChI is InChI=1S/C34H37N5O5/c35-26(18-22-10-3-1-4-11-22)31(40)37-28(20-24-21-36-27-15-8-7-14-25(24)27)33(42)39-17-9-16-30(39)32(41)38-29(34(43)44)19-23-12-5-2-6-13-23/h1-8,10-15,21,26,28-30,36H,9,16-20,35H2,(H,37,40)(H,38,41)(H,43,44)/t26-,28-,29-,30-/m0/s1. The number of fused-ring (bicyclic) bond motifs is 1. The van der Waals surface area contributed by atoms with Gasteiger partial charge in [0.2, 0.25) is 17.7 Å². The predicted octanol–water partition coefficient (Wildman–Crippen LogP) is 2.57. The third kappa shape index (κ3) is 7.33. The maximum atomic E-state index is 14.1. The van der Waals surface area contributed by atoms with Crippen molar-refractivity contribution in [2.24, 2.45) is 5.73 Å². The fourth-order valence-electron chi connectivity index (χ4n) is 5.78. The van der Waals surface area contributed by atoms with Crippen LogP contribution in [0.5, 0.6) is 0 Å². The number of aromatic amines is 1. The smallest absolute Gasteiger partial charge is 0.326 e. The summed E-state index contributed by atoms with van der Waals surface area (Å²) in [6.45, 7) is 0.309. The molecule has 1 fully saturated rings. The van der Waals surface area contributed by atoms with Crippen molar-refractivity contribution in [1.82, 2.24) is 20.5 Å². The number of benzene rings is 3. The van der Waals surface area contributed by atoms with Gasteiger partial charge in [0, 0.05) is 36.5 Å². The van der Waals surface area contributed by atoms with Crippen LogP contribution in [0.1, 0.15) is 29.5 Å². The predicted molar refractivity (Wildman–Crippen MR) is 167 cm³/mol. The second kappa shape index (κ2) is 14.0. The lowest BCUT2D eigenvalue weighted by atomic mass is 10.0. The van der Waals surface area contributed by atoms with E-state index in [2.05, 4.69) is 15.6 Å². The molecule has 1 aliphatic rings. The normalized spacial score (nSPS) is 16.7. The average Bonchev–Trinajstić information content (AvgIpc) is 3.69. The molecule has 0 unspecified atom stereocenters. The minimum absolute atomic E-state index is 0.112. The Hall–Kier alpha value is -4.96. The Kier molecular flexibility index (Phi) is 9.71. The van der Waals surface area contributed by atoms with E-state index in [-0.39, 0.29) is 12.8 Å². The molecule has 1 saturated heterocycles. The minimum Gasteiger partial charge on any atom is -0.480 e. The average molecular weight is 596 g/mol. The monoisotopic (exact) mass is 595 g/mol. The highest BCUT2D eigenvalue weighted by molar-refractivity contribution is 5.95. The lowest BCUT2D eigenvalue weighted by Gasteiger charge is -2.30. The molecule has 6 N–H and O–H groups in total. The number of aliphatic carboxylic acids is 1. The van der Waals surface area contributed by atoms with Crippen LogP contribution in [0, 0.1) is 0 Å². The SMILES string of the molecule is N[C@@H](Cc1ccccc1)C(=O)N[C@@H](Cc1c[nH]c2ccccc12)C(=O)N1CCC[C@H]1C(=O)N[C@@H](Cc1ccccc1)C(=O)O. The fraction of sp³-hybridized carbons (Fsp3) is 0.294. The lowest BCUT2D eigenvalue weighted by Crippen LogP contribution is -2.57. The molecular formula is C34H37N5O5. The Morgan fingerprint density at radius 3 is 2.16 bits per heavy atom. The maximum Gasteiger partial charge on any atom is 0.326 e. The van der Waals surface area contributed by atoms with E-state index < -0.39 is 47.9 Å². The molecule has 2 heterocycles. The molecule has 4 atom stereocenters. The first-order valence-electron chi connectivity index (χ1n) is 14.8. The van der Waals surface area contributed by atoms with Crippen molar-refractivity contribution in [3.63, 3.8) is 0 Å². The zero-order chi connectivity index (χ0) is 31.1. The van der Waals surface area contributed by atoms with Crippen molar-refractivity contribution < 1.29 is 24.3 Å². The molecule has 0 radical (unpaired) electrons. The van der Waals surface area contributed by atoms with E-state index in [1.807, 2.05) is 66.9 Å². The van der Waals surface area contributed by atoms with Gasteiger partial charge in [-0.2, -0.15) is 0 Å². The van der Waals surface area contributed by atoms with Crippen LogP contribution in [0.3, 0.4) is 0 Å². The van der Waals surface area contributed by atoms with E-state index in [0.29, 0.717) is 25.8 Å². The number of carbonyl (C=O) groups is 4. The van der Waals surface area contributed by atoms with Crippen LogP contribution in [0.15, 0.2) is 91.1 Å². The molecule has 0 aliphatic carbocycles. The van der Waals surface area contributed by atoms with E-state index in [1.165, 1.54) is 4.90 Å². The molecule has 5 rings (SSSR count). The lowest BCUT2D eigenvalue weighted by molar-refractivity contribution is -0.144. The van der Waals surface area contributed by atoms with Crippen molar-refractivity contribution in [1.29, 1.82) is 0 Å². The summed E-state index contributed by atoms with van der Waals surface area (Å²) >= 11 is 0. The van der Waals surface area contributed by atoms with Gasteiger partial charge in [-0.15, -0.1) is 0 Å². The molecule has 228 valence electrons. The summed E-state index contributed by atoms with van der Waals surface area (Å²) in [5.41, 5.74) is 9.68. The number of H-pyrrole nitrogens is 1. The van der Waals surface area contributed by atoms with E-state index >= 15 is 0 Å². The molecule has 3 amide bonds. The third-order valence-corrected chi connectivity index (χ3v) is 8.08. The zero-order valence-electron chi connectivity index (χ0n) is 24.3. The molecule has 0 bridgehead atoms. The molecule has 1 aliphatic heterocycles. The Balaban J connectivity index is 1.34. The van der Waals surface area contributed by atoms with E-state index in [1.54, 1.807) is 24.3 Å². The molecular weight excluding hydrogens is 558 g/mol. The van der Waals surface area contributed by atoms with Gasteiger partial charge in [0.25, 0.3) is 0 Å². The van der Waals surface area contributed by atoms with Crippen LogP contribution in [-0.2, 0) is 38.4 Å². The molecule has 44 heavy (non-hydrogen) atoms. The number of carboxylic acids is 1. The summed E-state index contributed by atoms with van der Waals surface area (Å²) in [5.74, 6) is -2.57. The highest BCUT2D eigenvalue weighted by Gasteiger charge is 2.39. The molecule has 0 spiro atoms. The summed E-state index contributed by atoms with van der Waals surface area (Å²) in [4.78, 5) is 57.6. The van der Waals surface area contributed by atoms with E-state index in [9.17, 15) is 24.3 Å². The van der Waals surface area contributed by atoms with Crippen molar-refractivity contribution in [2.75, 3.05) is 6.54 Å². The molecule has 4 aromatic rings. The quantitative estimate of drug-likeness (QED) is 0.169. The number of nitrogens with zero attached hydrogens (tertiary/aromatic N) is 1.